The third-order valence-corrected chi connectivity index (χ3v) is 4.66. The Balaban J connectivity index is 0.00000261. The highest BCUT2D eigenvalue weighted by Crippen LogP contribution is 2.21. The number of primary amides is 1. The van der Waals surface area contributed by atoms with Gasteiger partial charge in [-0.05, 0) is 34.7 Å². The van der Waals surface area contributed by atoms with Crippen molar-refractivity contribution in [1.82, 2.24) is 16.0 Å². The summed E-state index contributed by atoms with van der Waals surface area (Å²) in [6.07, 6.45) is 0.139. The first-order chi connectivity index (χ1) is 12.5. The number of carbonyl (C=O) groups is 2. The van der Waals surface area contributed by atoms with E-state index >= 15 is 0 Å². The molecule has 5 N–H and O–H groups in total. The number of amides is 3. The Morgan fingerprint density at radius 1 is 1.15 bits per heavy atom. The summed E-state index contributed by atoms with van der Waals surface area (Å²) in [4.78, 5) is 23.7. The van der Waals surface area contributed by atoms with Crippen molar-refractivity contribution in [2.75, 3.05) is 0 Å². The zero-order valence-corrected chi connectivity index (χ0v) is 16.1. The van der Waals surface area contributed by atoms with E-state index in [9.17, 15) is 9.59 Å². The van der Waals surface area contributed by atoms with Gasteiger partial charge in [0, 0.05) is 19.6 Å². The fourth-order valence-corrected chi connectivity index (χ4v) is 3.30. The van der Waals surface area contributed by atoms with E-state index in [4.69, 9.17) is 5.73 Å². The van der Waals surface area contributed by atoms with Crippen molar-refractivity contribution in [1.29, 1.82) is 0 Å². The average Bonchev–Trinajstić information content (AvgIpc) is 3.07. The Morgan fingerprint density at radius 3 is 2.63 bits per heavy atom. The fourth-order valence-electron chi connectivity index (χ4n) is 3.30. The van der Waals surface area contributed by atoms with Crippen molar-refractivity contribution < 1.29 is 9.59 Å². The van der Waals surface area contributed by atoms with Crippen LogP contribution in [0.1, 0.15) is 40.3 Å². The van der Waals surface area contributed by atoms with Crippen LogP contribution in [0.25, 0.3) is 0 Å². The molecule has 0 aliphatic carbocycles. The summed E-state index contributed by atoms with van der Waals surface area (Å²) in [6.45, 7) is 4.18. The minimum atomic E-state index is -0.642. The van der Waals surface area contributed by atoms with Gasteiger partial charge in [-0.1, -0.05) is 42.5 Å². The number of hydrogen-bond acceptors (Lipinski definition) is 3. The molecule has 0 spiro atoms. The molecule has 2 aromatic rings. The number of nitrogens with one attached hydrogen (secondary N) is 3. The largest absolute Gasteiger partial charge is 0.352 e. The molecule has 6 nitrogen and oxygen atoms in total. The second-order valence-electron chi connectivity index (χ2n) is 6.61. The van der Waals surface area contributed by atoms with E-state index in [-0.39, 0.29) is 24.7 Å². The van der Waals surface area contributed by atoms with Gasteiger partial charge in [-0.15, -0.1) is 12.4 Å². The SMILES string of the molecule is Cc1ccccc1C(CC(=O)NCc1ccc2c(c1)CNC2)NC(N)=O.Cl. The quantitative estimate of drug-likeness (QED) is 0.612. The molecule has 0 radical (unpaired) electrons. The molecular formula is C20H25ClN4O2. The van der Waals surface area contributed by atoms with Gasteiger partial charge in [-0.3, -0.25) is 4.79 Å². The molecule has 0 fully saturated rings. The van der Waals surface area contributed by atoms with Gasteiger partial charge in [-0.2, -0.15) is 0 Å². The molecule has 144 valence electrons. The Bertz CT molecular complexity index is 825. The van der Waals surface area contributed by atoms with Gasteiger partial charge in [0.1, 0.15) is 0 Å². The molecule has 1 aliphatic heterocycles. The Labute approximate surface area is 165 Å². The molecule has 1 atom stereocenters. The lowest BCUT2D eigenvalue weighted by atomic mass is 9.98. The summed E-state index contributed by atoms with van der Waals surface area (Å²) >= 11 is 0. The van der Waals surface area contributed by atoms with Crippen LogP contribution in [0, 0.1) is 6.92 Å². The lowest BCUT2D eigenvalue weighted by Crippen LogP contribution is -2.36. The molecule has 3 rings (SSSR count). The maximum absolute atomic E-state index is 12.4. The normalized spacial score (nSPS) is 13.2. The second kappa shape index (κ2) is 9.39. The minimum absolute atomic E-state index is 0. The number of aryl methyl sites for hydroxylation is 1. The van der Waals surface area contributed by atoms with E-state index < -0.39 is 12.1 Å². The fraction of sp³-hybridized carbons (Fsp3) is 0.300. The lowest BCUT2D eigenvalue weighted by Gasteiger charge is -2.19. The summed E-state index contributed by atoms with van der Waals surface area (Å²) in [6, 6.07) is 12.8. The zero-order valence-electron chi connectivity index (χ0n) is 15.2. The Hall–Kier alpha value is -2.57. The van der Waals surface area contributed by atoms with Gasteiger partial charge in [-0.25, -0.2) is 4.79 Å². The van der Waals surface area contributed by atoms with Crippen LogP contribution < -0.4 is 21.7 Å². The van der Waals surface area contributed by atoms with Crippen LogP contribution in [0.15, 0.2) is 42.5 Å². The van der Waals surface area contributed by atoms with Gasteiger partial charge in [0.25, 0.3) is 0 Å². The number of rotatable bonds is 6. The van der Waals surface area contributed by atoms with Crippen LogP contribution in [0.3, 0.4) is 0 Å². The summed E-state index contributed by atoms with van der Waals surface area (Å²) in [5, 5.41) is 8.91. The molecule has 0 bridgehead atoms. The van der Waals surface area contributed by atoms with Crippen molar-refractivity contribution in [3.05, 3.63) is 70.3 Å². The van der Waals surface area contributed by atoms with Crippen LogP contribution in [0.4, 0.5) is 4.79 Å². The van der Waals surface area contributed by atoms with Crippen molar-refractivity contribution >= 4 is 24.3 Å². The lowest BCUT2D eigenvalue weighted by molar-refractivity contribution is -0.121. The topological polar surface area (TPSA) is 96.2 Å². The van der Waals surface area contributed by atoms with Crippen molar-refractivity contribution in [3.8, 4) is 0 Å². The van der Waals surface area contributed by atoms with Crippen molar-refractivity contribution in [2.45, 2.75) is 39.0 Å². The standard InChI is InChI=1S/C20H24N4O2.ClH/c1-13-4-2-3-5-17(13)18(24-20(21)26)9-19(25)23-10-14-6-7-15-11-22-12-16(15)8-14;/h2-8,18,22H,9-12H2,1H3,(H,23,25)(H3,21,24,26);1H. The van der Waals surface area contributed by atoms with Crippen LogP contribution in [-0.4, -0.2) is 11.9 Å². The first kappa shape index (κ1) is 20.7. The van der Waals surface area contributed by atoms with Crippen LogP contribution in [0.5, 0.6) is 0 Å². The van der Waals surface area contributed by atoms with E-state index in [1.165, 1.54) is 11.1 Å². The average molecular weight is 389 g/mol. The molecule has 7 heteroatoms. The predicted molar refractivity (Wildman–Crippen MR) is 107 cm³/mol. The van der Waals surface area contributed by atoms with Crippen molar-refractivity contribution in [2.24, 2.45) is 5.73 Å². The molecule has 1 aliphatic rings. The summed E-state index contributed by atoms with van der Waals surface area (Å²) < 4.78 is 0. The highest BCUT2D eigenvalue weighted by atomic mass is 35.5. The van der Waals surface area contributed by atoms with Gasteiger partial charge in [0.2, 0.25) is 5.91 Å². The Kier molecular flexibility index (Phi) is 7.21. The molecule has 1 heterocycles. The molecule has 1 unspecified atom stereocenters. The Morgan fingerprint density at radius 2 is 1.89 bits per heavy atom. The number of carbonyl (C=O) groups excluding carboxylic acids is 2. The predicted octanol–water partition coefficient (Wildman–Crippen LogP) is 2.44. The van der Waals surface area contributed by atoms with E-state index in [1.807, 2.05) is 37.3 Å². The third kappa shape index (κ3) is 5.45. The third-order valence-electron chi connectivity index (χ3n) is 4.66. The smallest absolute Gasteiger partial charge is 0.312 e. The minimum Gasteiger partial charge on any atom is -0.352 e. The maximum Gasteiger partial charge on any atom is 0.312 e. The van der Waals surface area contributed by atoms with Crippen LogP contribution >= 0.6 is 12.4 Å². The molecule has 2 aromatic carbocycles. The second-order valence-corrected chi connectivity index (χ2v) is 6.61. The number of nitrogens with two attached hydrogens (primary N) is 1. The van der Waals surface area contributed by atoms with Gasteiger partial charge < -0.3 is 21.7 Å². The van der Waals surface area contributed by atoms with Crippen LogP contribution in [-0.2, 0) is 24.4 Å². The molecule has 0 saturated heterocycles. The van der Waals surface area contributed by atoms with Crippen LogP contribution in [0.2, 0.25) is 0 Å². The summed E-state index contributed by atoms with van der Waals surface area (Å²) in [5.74, 6) is -0.134. The van der Waals surface area contributed by atoms with E-state index in [0.717, 1.165) is 29.8 Å². The van der Waals surface area contributed by atoms with E-state index in [2.05, 4.69) is 28.1 Å². The maximum atomic E-state index is 12.4. The number of hydrogen-bond donors (Lipinski definition) is 4. The molecule has 27 heavy (non-hydrogen) atoms. The molecular weight excluding hydrogens is 364 g/mol. The molecule has 3 amide bonds. The summed E-state index contributed by atoms with van der Waals surface area (Å²) in [7, 11) is 0. The summed E-state index contributed by atoms with van der Waals surface area (Å²) in [5.41, 5.74) is 10.8. The highest BCUT2D eigenvalue weighted by molar-refractivity contribution is 5.85. The zero-order chi connectivity index (χ0) is 18.5. The van der Waals surface area contributed by atoms with E-state index in [1.54, 1.807) is 0 Å². The number of halogens is 1. The molecule has 0 saturated carbocycles. The van der Waals surface area contributed by atoms with Gasteiger partial charge in [0.15, 0.2) is 0 Å². The number of benzene rings is 2. The monoisotopic (exact) mass is 388 g/mol. The first-order valence-electron chi connectivity index (χ1n) is 8.72. The van der Waals surface area contributed by atoms with Crippen molar-refractivity contribution in [3.63, 3.8) is 0 Å². The van der Waals surface area contributed by atoms with Gasteiger partial charge in [0.05, 0.1) is 12.5 Å². The van der Waals surface area contributed by atoms with E-state index in [0.29, 0.717) is 6.54 Å². The number of urea groups is 1. The first-order valence-corrected chi connectivity index (χ1v) is 8.72. The molecule has 0 aromatic heterocycles. The van der Waals surface area contributed by atoms with Gasteiger partial charge >= 0.3 is 6.03 Å². The highest BCUT2D eigenvalue weighted by Gasteiger charge is 2.19. The number of fused-ring (bicyclic) bond motifs is 1.